The number of rotatable bonds is 16. The maximum Gasteiger partial charge on any atom is 0.227 e. The van der Waals surface area contributed by atoms with Gasteiger partial charge in [-0.05, 0) is 106 Å². The summed E-state index contributed by atoms with van der Waals surface area (Å²) >= 11 is 0. The lowest BCUT2D eigenvalue weighted by molar-refractivity contribution is -0.146. The minimum atomic E-state index is -0.729. The fourth-order valence-electron chi connectivity index (χ4n) is 12.0. The third kappa shape index (κ3) is 7.79. The summed E-state index contributed by atoms with van der Waals surface area (Å²) in [6.45, 7) is 14.7. The van der Waals surface area contributed by atoms with Gasteiger partial charge in [0.25, 0.3) is 0 Å². The summed E-state index contributed by atoms with van der Waals surface area (Å²) in [6, 6.07) is -1.39. The van der Waals surface area contributed by atoms with Crippen molar-refractivity contribution in [2.45, 2.75) is 169 Å². The molecule has 6 fully saturated rings. The number of carbonyl (C=O) groups is 6. The Labute approximate surface area is 325 Å². The van der Waals surface area contributed by atoms with E-state index in [1.165, 1.54) is 0 Å². The van der Waals surface area contributed by atoms with Gasteiger partial charge in [0.05, 0.1) is 18.0 Å². The Kier molecular flexibility index (Phi) is 12.1. The van der Waals surface area contributed by atoms with E-state index in [4.69, 9.17) is 0 Å². The first-order valence-corrected chi connectivity index (χ1v) is 21.9. The predicted octanol–water partition coefficient (Wildman–Crippen LogP) is 7.13. The van der Waals surface area contributed by atoms with Crippen molar-refractivity contribution in [2.24, 2.45) is 51.2 Å². The summed E-state index contributed by atoms with van der Waals surface area (Å²) in [5.74, 6) is -2.20. The molecule has 2 amide bonds. The maximum atomic E-state index is 15.3. The van der Waals surface area contributed by atoms with Crippen molar-refractivity contribution in [3.8, 4) is 0 Å². The average molecular weight is 750 g/mol. The van der Waals surface area contributed by atoms with E-state index in [1.54, 1.807) is 0 Å². The summed E-state index contributed by atoms with van der Waals surface area (Å²) in [5, 5.41) is 3.17. The molecule has 2 saturated heterocycles. The molecule has 0 unspecified atom stereocenters. The third-order valence-corrected chi connectivity index (χ3v) is 15.8. The molecule has 6 rings (SSSR count). The molecular formula is C45H71N3O6. The molecule has 4 aliphatic carbocycles. The summed E-state index contributed by atoms with van der Waals surface area (Å²) in [5.41, 5.74) is -0.625. The molecule has 9 heteroatoms. The van der Waals surface area contributed by atoms with Crippen LogP contribution in [0.1, 0.15) is 157 Å². The van der Waals surface area contributed by atoms with Gasteiger partial charge in [-0.3, -0.25) is 28.8 Å². The normalized spacial score (nSPS) is 29.6. The number of Topliss-reactive ketones (excluding diaryl/α,β-unsaturated/α-hetero) is 4. The zero-order valence-corrected chi connectivity index (χ0v) is 34.7. The second kappa shape index (κ2) is 15.8. The Bertz CT molecular complexity index is 1470. The van der Waals surface area contributed by atoms with E-state index in [9.17, 15) is 24.0 Å². The van der Waals surface area contributed by atoms with Crippen molar-refractivity contribution in [1.82, 2.24) is 15.1 Å². The Morgan fingerprint density at radius 3 is 2.09 bits per heavy atom. The number of fused-ring (bicyclic) bond motifs is 1. The SMILES string of the molecule is CCC[C@H](CC(=O)[C@@H]1C[C@@]2(CN1C(=O)[C@@H](CC(=O)[C@@H](NC(=O)[C@@H]1CCCN(C)C1)C(C)(C)C)C1CCCCC1)C(C)(C)C21CCC1)C(=O)C(=O)CC1CC1. The first-order valence-electron chi connectivity index (χ1n) is 21.9. The number of hydrogen-bond donors (Lipinski definition) is 1. The van der Waals surface area contributed by atoms with Gasteiger partial charge in [-0.15, -0.1) is 0 Å². The molecule has 0 bridgehead atoms. The molecule has 4 saturated carbocycles. The van der Waals surface area contributed by atoms with Crippen molar-refractivity contribution in [1.29, 1.82) is 0 Å². The first kappa shape index (κ1) is 41.2. The van der Waals surface area contributed by atoms with Crippen LogP contribution in [0, 0.1) is 51.2 Å². The van der Waals surface area contributed by atoms with Gasteiger partial charge in [0.1, 0.15) is 0 Å². The molecule has 9 nitrogen and oxygen atoms in total. The van der Waals surface area contributed by atoms with Crippen molar-refractivity contribution >= 4 is 34.9 Å². The van der Waals surface area contributed by atoms with Crippen LogP contribution in [0.15, 0.2) is 0 Å². The smallest absolute Gasteiger partial charge is 0.227 e. The van der Waals surface area contributed by atoms with E-state index in [0.717, 1.165) is 83.6 Å². The van der Waals surface area contributed by atoms with Crippen LogP contribution in [0.25, 0.3) is 0 Å². The third-order valence-electron chi connectivity index (χ3n) is 15.8. The minimum Gasteiger partial charge on any atom is -0.345 e. The zero-order valence-electron chi connectivity index (χ0n) is 34.7. The van der Waals surface area contributed by atoms with Crippen LogP contribution in [0.2, 0.25) is 0 Å². The molecule has 6 aliphatic rings. The van der Waals surface area contributed by atoms with Crippen LogP contribution in [0.5, 0.6) is 0 Å². The zero-order chi connectivity index (χ0) is 39.2. The van der Waals surface area contributed by atoms with Gasteiger partial charge in [-0.2, -0.15) is 0 Å². The number of amides is 2. The average Bonchev–Trinajstić information content (AvgIpc) is 3.93. The lowest BCUT2D eigenvalue weighted by Crippen LogP contribution is -2.54. The van der Waals surface area contributed by atoms with Crippen molar-refractivity contribution in [2.75, 3.05) is 26.7 Å². The van der Waals surface area contributed by atoms with Gasteiger partial charge in [-0.25, -0.2) is 0 Å². The number of ketones is 4. The quantitative estimate of drug-likeness (QED) is 0.167. The lowest BCUT2D eigenvalue weighted by atomic mass is 9.73. The van der Waals surface area contributed by atoms with Crippen LogP contribution in [-0.2, 0) is 28.8 Å². The summed E-state index contributed by atoms with van der Waals surface area (Å²) in [4.78, 5) is 88.6. The molecule has 302 valence electrons. The molecule has 0 aromatic heterocycles. The Balaban J connectivity index is 1.27. The fraction of sp³-hybridized carbons (Fsp3) is 0.867. The first-order chi connectivity index (χ1) is 25.5. The van der Waals surface area contributed by atoms with Crippen LogP contribution in [0.3, 0.4) is 0 Å². The molecular weight excluding hydrogens is 679 g/mol. The van der Waals surface area contributed by atoms with E-state index in [1.807, 2.05) is 39.6 Å². The molecule has 0 aromatic rings. The molecule has 54 heavy (non-hydrogen) atoms. The standard InChI is InChI=1S/C45H71N3O6/c1-8-14-31(38(52)36(50)23-29-18-19-29)24-35(49)34-26-45(43(5,6)44(45)20-13-21-44)28-48(34)41(54)33(30-15-10-9-11-16-30)25-37(51)39(42(2,3)4)46-40(53)32-17-12-22-47(7)27-32/h29-34,39H,8-28H2,1-7H3,(H,46,53)/t31-,32-,33+,34+,39-,45-/m1/s1. The highest BCUT2D eigenvalue weighted by Crippen LogP contribution is 2.88. The summed E-state index contributed by atoms with van der Waals surface area (Å²) in [7, 11) is 2.03. The lowest BCUT2D eigenvalue weighted by Gasteiger charge is -2.37. The van der Waals surface area contributed by atoms with Gasteiger partial charge in [0.2, 0.25) is 17.6 Å². The topological polar surface area (TPSA) is 121 Å². The van der Waals surface area contributed by atoms with Gasteiger partial charge >= 0.3 is 0 Å². The molecule has 0 radical (unpaired) electrons. The molecule has 6 atom stereocenters. The molecule has 0 aromatic carbocycles. The molecule has 2 aliphatic heterocycles. The van der Waals surface area contributed by atoms with Gasteiger partial charge < -0.3 is 15.1 Å². The molecule has 1 N–H and O–H groups in total. The second-order valence-electron chi connectivity index (χ2n) is 20.5. The van der Waals surface area contributed by atoms with Gasteiger partial charge in [0.15, 0.2) is 17.3 Å². The van der Waals surface area contributed by atoms with E-state index >= 15 is 4.79 Å². The van der Waals surface area contributed by atoms with Gasteiger partial charge in [0, 0.05) is 49.6 Å². The highest BCUT2D eigenvalue weighted by molar-refractivity contribution is 6.38. The molecule has 2 heterocycles. The van der Waals surface area contributed by atoms with Crippen molar-refractivity contribution in [3.05, 3.63) is 0 Å². The van der Waals surface area contributed by atoms with Crippen molar-refractivity contribution in [3.63, 3.8) is 0 Å². The Morgan fingerprint density at radius 2 is 1.54 bits per heavy atom. The van der Waals surface area contributed by atoms with Crippen molar-refractivity contribution < 1.29 is 28.8 Å². The summed E-state index contributed by atoms with van der Waals surface area (Å²) < 4.78 is 0. The Morgan fingerprint density at radius 1 is 0.852 bits per heavy atom. The van der Waals surface area contributed by atoms with Gasteiger partial charge in [-0.1, -0.05) is 73.6 Å². The number of carbonyl (C=O) groups excluding carboxylic acids is 6. The van der Waals surface area contributed by atoms with Crippen LogP contribution >= 0.6 is 0 Å². The predicted molar refractivity (Wildman–Crippen MR) is 209 cm³/mol. The number of piperidine rings is 1. The van der Waals surface area contributed by atoms with E-state index < -0.39 is 35.1 Å². The fourth-order valence-corrected chi connectivity index (χ4v) is 12.0. The number of hydrogen-bond acceptors (Lipinski definition) is 7. The van der Waals surface area contributed by atoms with E-state index in [2.05, 4.69) is 24.1 Å². The second-order valence-corrected chi connectivity index (χ2v) is 20.5. The van der Waals surface area contributed by atoms with E-state index in [0.29, 0.717) is 38.3 Å². The summed E-state index contributed by atoms with van der Waals surface area (Å²) in [6.07, 6.45) is 14.0. The van der Waals surface area contributed by atoms with E-state index in [-0.39, 0.29) is 76.5 Å². The number of nitrogens with one attached hydrogen (secondary N) is 1. The van der Waals surface area contributed by atoms with Crippen LogP contribution < -0.4 is 5.32 Å². The monoisotopic (exact) mass is 750 g/mol. The highest BCUT2D eigenvalue weighted by atomic mass is 16.2. The van der Waals surface area contributed by atoms with Crippen LogP contribution in [0.4, 0.5) is 0 Å². The molecule has 2 spiro atoms. The highest BCUT2D eigenvalue weighted by Gasteiger charge is 2.85. The van der Waals surface area contributed by atoms with Crippen LogP contribution in [-0.4, -0.2) is 83.5 Å². The maximum absolute atomic E-state index is 15.3. The largest absolute Gasteiger partial charge is 0.345 e. The number of nitrogens with zero attached hydrogens (tertiary/aromatic N) is 2. The Hall–Kier alpha value is -2.42. The minimum absolute atomic E-state index is 0.0114. The number of likely N-dealkylation sites (tertiary alicyclic amines) is 2.